The Labute approximate surface area is 123 Å². The standard InChI is InChI=1S/C16H17N5/c1-11-14(12-7-5-4-6-8-12)19-16(20-15(11)17-2)13-9-18-21(3)10-13/h4-10H,1-3H3,(H,17,19,20). The molecule has 0 saturated carbocycles. The molecule has 0 aliphatic carbocycles. The molecule has 0 amide bonds. The Morgan fingerprint density at radius 2 is 1.81 bits per heavy atom. The van der Waals surface area contributed by atoms with Crippen LogP contribution in [0.15, 0.2) is 42.7 Å². The molecule has 21 heavy (non-hydrogen) atoms. The first-order valence-corrected chi connectivity index (χ1v) is 6.80. The minimum Gasteiger partial charge on any atom is -0.373 e. The molecule has 0 bridgehead atoms. The van der Waals surface area contributed by atoms with E-state index in [0.29, 0.717) is 5.82 Å². The van der Waals surface area contributed by atoms with Gasteiger partial charge >= 0.3 is 0 Å². The Kier molecular flexibility index (Phi) is 3.39. The van der Waals surface area contributed by atoms with Crippen LogP contribution in [0.3, 0.4) is 0 Å². The minimum absolute atomic E-state index is 0.678. The average molecular weight is 279 g/mol. The van der Waals surface area contributed by atoms with Gasteiger partial charge in [-0.2, -0.15) is 5.10 Å². The molecule has 0 fully saturated rings. The lowest BCUT2D eigenvalue weighted by atomic mass is 10.1. The molecular weight excluding hydrogens is 262 g/mol. The van der Waals surface area contributed by atoms with E-state index < -0.39 is 0 Å². The Morgan fingerprint density at radius 1 is 1.05 bits per heavy atom. The molecule has 0 saturated heterocycles. The van der Waals surface area contributed by atoms with Crippen molar-refractivity contribution < 1.29 is 0 Å². The first-order valence-electron chi connectivity index (χ1n) is 6.80. The number of nitrogens with zero attached hydrogens (tertiary/aromatic N) is 4. The molecule has 1 N–H and O–H groups in total. The van der Waals surface area contributed by atoms with Crippen LogP contribution in [0.5, 0.6) is 0 Å². The molecule has 1 aromatic carbocycles. The van der Waals surface area contributed by atoms with E-state index in [9.17, 15) is 0 Å². The van der Waals surface area contributed by atoms with E-state index in [1.165, 1.54) is 0 Å². The van der Waals surface area contributed by atoms with E-state index in [1.807, 2.05) is 45.4 Å². The predicted molar refractivity (Wildman–Crippen MR) is 84.0 cm³/mol. The van der Waals surface area contributed by atoms with Crippen molar-refractivity contribution in [2.24, 2.45) is 7.05 Å². The number of anilines is 1. The molecule has 5 nitrogen and oxygen atoms in total. The molecule has 0 spiro atoms. The number of hydrogen-bond acceptors (Lipinski definition) is 4. The summed E-state index contributed by atoms with van der Waals surface area (Å²) in [6, 6.07) is 10.1. The van der Waals surface area contributed by atoms with E-state index in [-0.39, 0.29) is 0 Å². The average Bonchev–Trinajstić information content (AvgIpc) is 2.95. The van der Waals surface area contributed by atoms with Gasteiger partial charge in [0.15, 0.2) is 5.82 Å². The molecule has 0 unspecified atom stereocenters. The fourth-order valence-corrected chi connectivity index (χ4v) is 2.30. The highest BCUT2D eigenvalue weighted by molar-refractivity contribution is 5.71. The maximum atomic E-state index is 4.73. The summed E-state index contributed by atoms with van der Waals surface area (Å²) in [7, 11) is 3.76. The summed E-state index contributed by atoms with van der Waals surface area (Å²) in [5.41, 5.74) is 3.97. The third kappa shape index (κ3) is 2.50. The largest absolute Gasteiger partial charge is 0.373 e. The van der Waals surface area contributed by atoms with Crippen molar-refractivity contribution >= 4 is 5.82 Å². The van der Waals surface area contributed by atoms with Gasteiger partial charge in [-0.05, 0) is 6.92 Å². The lowest BCUT2D eigenvalue weighted by Gasteiger charge is -2.11. The monoisotopic (exact) mass is 279 g/mol. The summed E-state index contributed by atoms with van der Waals surface area (Å²) < 4.78 is 1.75. The van der Waals surface area contributed by atoms with Gasteiger partial charge in [0.2, 0.25) is 0 Å². The lowest BCUT2D eigenvalue weighted by molar-refractivity contribution is 0.768. The molecule has 3 rings (SSSR count). The maximum Gasteiger partial charge on any atom is 0.165 e. The minimum atomic E-state index is 0.678. The SMILES string of the molecule is CNc1nc(-c2cnn(C)c2)nc(-c2ccccc2)c1C. The summed E-state index contributed by atoms with van der Waals surface area (Å²) in [4.78, 5) is 9.32. The summed E-state index contributed by atoms with van der Waals surface area (Å²) in [6.45, 7) is 2.03. The third-order valence-electron chi connectivity index (χ3n) is 3.39. The highest BCUT2D eigenvalue weighted by atomic mass is 15.2. The quantitative estimate of drug-likeness (QED) is 0.801. The van der Waals surface area contributed by atoms with Crippen LogP contribution in [0, 0.1) is 6.92 Å². The van der Waals surface area contributed by atoms with E-state index in [2.05, 4.69) is 27.5 Å². The van der Waals surface area contributed by atoms with Crippen LogP contribution >= 0.6 is 0 Å². The molecule has 0 atom stereocenters. The van der Waals surface area contributed by atoms with Gasteiger partial charge in [-0.1, -0.05) is 30.3 Å². The topological polar surface area (TPSA) is 55.6 Å². The molecule has 0 aliphatic heterocycles. The van der Waals surface area contributed by atoms with Crippen LogP contribution in [0.25, 0.3) is 22.6 Å². The second-order valence-electron chi connectivity index (χ2n) is 4.89. The number of benzene rings is 1. The zero-order valence-corrected chi connectivity index (χ0v) is 12.3. The fraction of sp³-hybridized carbons (Fsp3) is 0.188. The Balaban J connectivity index is 2.20. The van der Waals surface area contributed by atoms with Crippen LogP contribution in [0.2, 0.25) is 0 Å². The van der Waals surface area contributed by atoms with Gasteiger partial charge in [-0.3, -0.25) is 4.68 Å². The zero-order chi connectivity index (χ0) is 14.8. The number of aryl methyl sites for hydroxylation is 1. The summed E-state index contributed by atoms with van der Waals surface area (Å²) in [5, 5.41) is 7.33. The van der Waals surface area contributed by atoms with Gasteiger partial charge in [0.1, 0.15) is 5.82 Å². The van der Waals surface area contributed by atoms with Crippen LogP contribution < -0.4 is 5.32 Å². The van der Waals surface area contributed by atoms with Crippen LogP contribution in [0.1, 0.15) is 5.56 Å². The predicted octanol–water partition coefficient (Wildman–Crippen LogP) is 2.89. The highest BCUT2D eigenvalue weighted by Gasteiger charge is 2.13. The fourth-order valence-electron chi connectivity index (χ4n) is 2.30. The summed E-state index contributed by atoms with van der Waals surface area (Å²) >= 11 is 0. The highest BCUT2D eigenvalue weighted by Crippen LogP contribution is 2.28. The Hall–Kier alpha value is -2.69. The van der Waals surface area contributed by atoms with Crippen molar-refractivity contribution in [1.29, 1.82) is 0 Å². The van der Waals surface area contributed by atoms with Gasteiger partial charge in [0.25, 0.3) is 0 Å². The van der Waals surface area contributed by atoms with Crippen molar-refractivity contribution in [3.63, 3.8) is 0 Å². The van der Waals surface area contributed by atoms with Crippen molar-refractivity contribution in [3.8, 4) is 22.6 Å². The number of hydrogen-bond donors (Lipinski definition) is 1. The molecule has 0 radical (unpaired) electrons. The second kappa shape index (κ2) is 5.36. The van der Waals surface area contributed by atoms with Crippen molar-refractivity contribution in [3.05, 3.63) is 48.3 Å². The second-order valence-corrected chi connectivity index (χ2v) is 4.89. The van der Waals surface area contributed by atoms with E-state index in [0.717, 1.165) is 28.2 Å². The van der Waals surface area contributed by atoms with Crippen LogP contribution in [-0.4, -0.2) is 26.8 Å². The maximum absolute atomic E-state index is 4.73. The smallest absolute Gasteiger partial charge is 0.165 e. The molecule has 5 heteroatoms. The molecule has 3 aromatic rings. The van der Waals surface area contributed by atoms with Gasteiger partial charge in [-0.25, -0.2) is 9.97 Å². The first kappa shape index (κ1) is 13.3. The van der Waals surface area contributed by atoms with Gasteiger partial charge in [0, 0.05) is 31.4 Å². The van der Waals surface area contributed by atoms with Crippen molar-refractivity contribution in [1.82, 2.24) is 19.7 Å². The van der Waals surface area contributed by atoms with E-state index in [1.54, 1.807) is 10.9 Å². The molecule has 0 aliphatic rings. The van der Waals surface area contributed by atoms with E-state index >= 15 is 0 Å². The number of rotatable bonds is 3. The van der Waals surface area contributed by atoms with Crippen LogP contribution in [0.4, 0.5) is 5.82 Å². The molecule has 2 aromatic heterocycles. The molecule has 2 heterocycles. The Bertz CT molecular complexity index is 762. The zero-order valence-electron chi connectivity index (χ0n) is 12.3. The van der Waals surface area contributed by atoms with Crippen LogP contribution in [-0.2, 0) is 7.05 Å². The summed E-state index contributed by atoms with van der Waals surface area (Å²) in [5.74, 6) is 1.51. The molecule has 106 valence electrons. The van der Waals surface area contributed by atoms with Crippen molar-refractivity contribution in [2.75, 3.05) is 12.4 Å². The number of nitrogens with one attached hydrogen (secondary N) is 1. The van der Waals surface area contributed by atoms with Crippen molar-refractivity contribution in [2.45, 2.75) is 6.92 Å². The van der Waals surface area contributed by atoms with E-state index in [4.69, 9.17) is 4.98 Å². The van der Waals surface area contributed by atoms with Gasteiger partial charge in [0.05, 0.1) is 17.5 Å². The van der Waals surface area contributed by atoms with Gasteiger partial charge in [-0.15, -0.1) is 0 Å². The summed E-state index contributed by atoms with van der Waals surface area (Å²) in [6.07, 6.45) is 3.69. The molecular formula is C16H17N5. The van der Waals surface area contributed by atoms with Gasteiger partial charge < -0.3 is 5.32 Å². The number of aromatic nitrogens is 4. The third-order valence-corrected chi connectivity index (χ3v) is 3.39. The Morgan fingerprint density at radius 3 is 2.43 bits per heavy atom. The normalized spacial score (nSPS) is 10.6. The first-order chi connectivity index (χ1) is 10.2. The lowest BCUT2D eigenvalue weighted by Crippen LogP contribution is -2.02.